The smallest absolute Gasteiger partial charge is 0.206 e. The lowest BCUT2D eigenvalue weighted by Gasteiger charge is -2.10. The highest BCUT2D eigenvalue weighted by Gasteiger charge is 2.21. The Kier molecular flexibility index (Phi) is 2.89. The van der Waals surface area contributed by atoms with Crippen molar-refractivity contribution in [3.8, 4) is 11.5 Å². The quantitative estimate of drug-likeness (QED) is 0.793. The molecule has 0 amide bonds. The summed E-state index contributed by atoms with van der Waals surface area (Å²) in [5.41, 5.74) is 0.311. The van der Waals surface area contributed by atoms with E-state index in [9.17, 15) is 9.90 Å². The largest absolute Gasteiger partial charge is 0.506 e. The zero-order valence-corrected chi connectivity index (χ0v) is 11.2. The molecule has 104 valence electrons. The molecule has 5 nitrogen and oxygen atoms in total. The third kappa shape index (κ3) is 1.74. The van der Waals surface area contributed by atoms with Crippen molar-refractivity contribution >= 4 is 21.9 Å². The Morgan fingerprint density at radius 1 is 1.35 bits per heavy atom. The van der Waals surface area contributed by atoms with Crippen LogP contribution in [0.2, 0.25) is 0 Å². The molecule has 5 heteroatoms. The predicted octanol–water partition coefficient (Wildman–Crippen LogP) is 3.34. The Morgan fingerprint density at radius 2 is 2.15 bits per heavy atom. The van der Waals surface area contributed by atoms with Crippen molar-refractivity contribution in [1.29, 1.82) is 0 Å². The third-order valence-electron chi connectivity index (χ3n) is 3.09. The minimum Gasteiger partial charge on any atom is -0.506 e. The molecule has 0 aliphatic heterocycles. The van der Waals surface area contributed by atoms with E-state index in [2.05, 4.69) is 0 Å². The van der Waals surface area contributed by atoms with Crippen LogP contribution in [0.25, 0.3) is 21.9 Å². The first-order valence-corrected chi connectivity index (χ1v) is 6.43. The number of rotatable bonds is 3. The van der Waals surface area contributed by atoms with Gasteiger partial charge >= 0.3 is 0 Å². The summed E-state index contributed by atoms with van der Waals surface area (Å²) >= 11 is 0. The highest BCUT2D eigenvalue weighted by molar-refractivity contribution is 6.06. The molecular weight excluding hydrogens is 260 g/mol. The summed E-state index contributed by atoms with van der Waals surface area (Å²) in [5, 5.41) is 10.8. The van der Waals surface area contributed by atoms with Gasteiger partial charge in [-0.1, -0.05) is 6.92 Å². The summed E-state index contributed by atoms with van der Waals surface area (Å²) in [5.74, 6) is 0.677. The molecule has 20 heavy (non-hydrogen) atoms. The molecule has 2 heterocycles. The van der Waals surface area contributed by atoms with Gasteiger partial charge in [-0.3, -0.25) is 4.79 Å². The van der Waals surface area contributed by atoms with Crippen LogP contribution in [0.1, 0.15) is 19.1 Å². The molecule has 0 unspecified atom stereocenters. The number of fused-ring (bicyclic) bond motifs is 2. The van der Waals surface area contributed by atoms with E-state index < -0.39 is 0 Å². The average Bonchev–Trinajstić information content (AvgIpc) is 2.87. The molecule has 1 N–H and O–H groups in total. The lowest BCUT2D eigenvalue weighted by molar-refractivity contribution is 0.314. The first-order valence-electron chi connectivity index (χ1n) is 6.43. The molecule has 0 atom stereocenters. The number of aryl methyl sites for hydroxylation is 1. The van der Waals surface area contributed by atoms with Gasteiger partial charge in [-0.15, -0.1) is 0 Å². The Hall–Kier alpha value is -2.43. The Balaban J connectivity index is 2.49. The molecule has 2 aromatic heterocycles. The number of hydrogen-bond donors (Lipinski definition) is 1. The van der Waals surface area contributed by atoms with Gasteiger partial charge in [0, 0.05) is 6.07 Å². The number of phenols is 1. The predicted molar refractivity (Wildman–Crippen MR) is 74.4 cm³/mol. The number of aromatic hydroxyl groups is 1. The van der Waals surface area contributed by atoms with Gasteiger partial charge in [-0.25, -0.2) is 0 Å². The lowest BCUT2D eigenvalue weighted by atomic mass is 10.1. The molecule has 0 saturated heterocycles. The van der Waals surface area contributed by atoms with Crippen molar-refractivity contribution in [3.05, 3.63) is 34.4 Å². The number of furan rings is 1. The third-order valence-corrected chi connectivity index (χ3v) is 3.09. The number of phenolic OH excluding ortho intramolecular Hbond substituents is 1. The van der Waals surface area contributed by atoms with Crippen molar-refractivity contribution in [3.63, 3.8) is 0 Å². The van der Waals surface area contributed by atoms with Crippen LogP contribution >= 0.6 is 0 Å². The van der Waals surface area contributed by atoms with Crippen LogP contribution in [0.5, 0.6) is 11.5 Å². The molecular formula is C15H14O5. The van der Waals surface area contributed by atoms with E-state index in [0.29, 0.717) is 29.1 Å². The summed E-state index contributed by atoms with van der Waals surface area (Å²) in [7, 11) is 0. The second-order valence-electron chi connectivity index (χ2n) is 4.62. The van der Waals surface area contributed by atoms with Crippen molar-refractivity contribution in [2.75, 3.05) is 6.61 Å². The standard InChI is InChI=1S/C15H14O5/c1-3-5-18-15-13-9(4-6-19-13)12(17)11-10(16)7-8(2)20-14(11)15/h4,6-7,17H,3,5H2,1-2H3. The molecule has 0 aliphatic carbocycles. The van der Waals surface area contributed by atoms with Crippen LogP contribution in [0, 0.1) is 6.92 Å². The van der Waals surface area contributed by atoms with E-state index in [1.165, 1.54) is 12.3 Å². The van der Waals surface area contributed by atoms with E-state index in [0.717, 1.165) is 6.42 Å². The molecule has 3 rings (SSSR count). The maximum Gasteiger partial charge on any atom is 0.206 e. The van der Waals surface area contributed by atoms with Gasteiger partial charge in [0.1, 0.15) is 16.9 Å². The maximum atomic E-state index is 12.1. The summed E-state index contributed by atoms with van der Waals surface area (Å²) in [4.78, 5) is 12.1. The summed E-state index contributed by atoms with van der Waals surface area (Å²) in [6.45, 7) is 4.12. The second-order valence-corrected chi connectivity index (χ2v) is 4.62. The first kappa shape index (κ1) is 12.6. The molecule has 1 aromatic carbocycles. The number of hydrogen-bond acceptors (Lipinski definition) is 5. The summed E-state index contributed by atoms with van der Waals surface area (Å²) < 4.78 is 16.6. The van der Waals surface area contributed by atoms with Gasteiger partial charge in [-0.05, 0) is 19.4 Å². The van der Waals surface area contributed by atoms with Gasteiger partial charge in [0.25, 0.3) is 0 Å². The minimum atomic E-state index is -0.300. The fourth-order valence-corrected chi connectivity index (χ4v) is 2.24. The van der Waals surface area contributed by atoms with Gasteiger partial charge < -0.3 is 18.7 Å². The topological polar surface area (TPSA) is 72.8 Å². The highest BCUT2D eigenvalue weighted by Crippen LogP contribution is 2.41. The maximum absolute atomic E-state index is 12.1. The van der Waals surface area contributed by atoms with E-state index in [-0.39, 0.29) is 22.1 Å². The van der Waals surface area contributed by atoms with Gasteiger partial charge in [0.2, 0.25) is 5.75 Å². The average molecular weight is 274 g/mol. The van der Waals surface area contributed by atoms with Crippen molar-refractivity contribution < 1.29 is 18.7 Å². The SMILES string of the molecule is CCCOc1c2occc2c(O)c2c(=O)cc(C)oc12. The zero-order valence-electron chi connectivity index (χ0n) is 11.2. The molecule has 3 aromatic rings. The molecule has 0 spiro atoms. The van der Waals surface area contributed by atoms with Crippen LogP contribution in [0.4, 0.5) is 0 Å². The normalized spacial score (nSPS) is 11.3. The molecule has 0 bridgehead atoms. The monoisotopic (exact) mass is 274 g/mol. The second kappa shape index (κ2) is 4.59. The lowest BCUT2D eigenvalue weighted by Crippen LogP contribution is -2.04. The van der Waals surface area contributed by atoms with Gasteiger partial charge in [0.15, 0.2) is 16.6 Å². The summed E-state index contributed by atoms with van der Waals surface area (Å²) in [6, 6.07) is 2.94. The van der Waals surface area contributed by atoms with E-state index in [4.69, 9.17) is 13.6 Å². The van der Waals surface area contributed by atoms with Gasteiger partial charge in [-0.2, -0.15) is 0 Å². The highest BCUT2D eigenvalue weighted by atomic mass is 16.5. The fraction of sp³-hybridized carbons (Fsp3) is 0.267. The van der Waals surface area contributed by atoms with Gasteiger partial charge in [0.05, 0.1) is 18.3 Å². The number of ether oxygens (including phenoxy) is 1. The van der Waals surface area contributed by atoms with E-state index in [1.807, 2.05) is 6.92 Å². The van der Waals surface area contributed by atoms with Crippen LogP contribution < -0.4 is 10.2 Å². The first-order chi connectivity index (χ1) is 9.63. The Bertz CT molecular complexity index is 841. The van der Waals surface area contributed by atoms with Crippen LogP contribution in [0.3, 0.4) is 0 Å². The van der Waals surface area contributed by atoms with Crippen LogP contribution in [-0.4, -0.2) is 11.7 Å². The number of benzene rings is 1. The molecule has 0 radical (unpaired) electrons. The minimum absolute atomic E-state index is 0.121. The Morgan fingerprint density at radius 3 is 2.90 bits per heavy atom. The summed E-state index contributed by atoms with van der Waals surface area (Å²) in [6.07, 6.45) is 2.25. The molecule has 0 aliphatic rings. The van der Waals surface area contributed by atoms with Crippen molar-refractivity contribution in [1.82, 2.24) is 0 Å². The molecule has 0 fully saturated rings. The van der Waals surface area contributed by atoms with Crippen LogP contribution in [-0.2, 0) is 0 Å². The van der Waals surface area contributed by atoms with Crippen LogP contribution in [0.15, 0.2) is 32.0 Å². The van der Waals surface area contributed by atoms with E-state index >= 15 is 0 Å². The van der Waals surface area contributed by atoms with E-state index in [1.54, 1.807) is 13.0 Å². The Labute approximate surface area is 114 Å². The van der Waals surface area contributed by atoms with Crippen molar-refractivity contribution in [2.24, 2.45) is 0 Å². The molecule has 0 saturated carbocycles. The zero-order chi connectivity index (χ0) is 14.3. The van der Waals surface area contributed by atoms with Crippen molar-refractivity contribution in [2.45, 2.75) is 20.3 Å². The fourth-order valence-electron chi connectivity index (χ4n) is 2.24.